The summed E-state index contributed by atoms with van der Waals surface area (Å²) in [6.07, 6.45) is 2.40. The molecule has 0 spiro atoms. The van der Waals surface area contributed by atoms with Gasteiger partial charge in [-0.1, -0.05) is 29.8 Å². The van der Waals surface area contributed by atoms with Gasteiger partial charge in [0.1, 0.15) is 10.8 Å². The van der Waals surface area contributed by atoms with Gasteiger partial charge < -0.3 is 25.2 Å². The summed E-state index contributed by atoms with van der Waals surface area (Å²) in [5, 5.41) is 7.06. The lowest BCUT2D eigenvalue weighted by Crippen LogP contribution is -2.44. The van der Waals surface area contributed by atoms with Crippen molar-refractivity contribution < 1.29 is 4.74 Å². The quantitative estimate of drug-likeness (QED) is 0.528. The fourth-order valence-electron chi connectivity index (χ4n) is 3.73. The van der Waals surface area contributed by atoms with Crippen LogP contribution in [-0.2, 0) is 6.42 Å². The van der Waals surface area contributed by atoms with E-state index in [0.29, 0.717) is 23.3 Å². The lowest BCUT2D eigenvalue weighted by atomic mass is 10.1. The molecule has 2 heterocycles. The molecule has 1 saturated heterocycles. The number of nitrogens with zero attached hydrogens (tertiary/aromatic N) is 4. The molecule has 0 saturated carbocycles. The summed E-state index contributed by atoms with van der Waals surface area (Å²) in [6, 6.07) is 16.4. The SMILES string of the molecule is COc1ccccc1CCNc1nc(Nc2ccc(N3CCN(C)CC3)cc2)ncc1Cl. The fourth-order valence-corrected chi connectivity index (χ4v) is 3.88. The Hall–Kier alpha value is -3.03. The summed E-state index contributed by atoms with van der Waals surface area (Å²) < 4.78 is 5.41. The van der Waals surface area contributed by atoms with Crippen molar-refractivity contribution in [1.82, 2.24) is 14.9 Å². The lowest BCUT2D eigenvalue weighted by molar-refractivity contribution is 0.313. The summed E-state index contributed by atoms with van der Waals surface area (Å²) >= 11 is 6.31. The van der Waals surface area contributed by atoms with E-state index in [9.17, 15) is 0 Å². The number of halogens is 1. The highest BCUT2D eigenvalue weighted by Crippen LogP contribution is 2.24. The number of methoxy groups -OCH3 is 1. The molecule has 32 heavy (non-hydrogen) atoms. The lowest BCUT2D eigenvalue weighted by Gasteiger charge is -2.34. The van der Waals surface area contributed by atoms with Crippen LogP contribution in [0.1, 0.15) is 5.56 Å². The minimum absolute atomic E-state index is 0.487. The van der Waals surface area contributed by atoms with Crippen LogP contribution in [0.5, 0.6) is 5.75 Å². The van der Waals surface area contributed by atoms with Crippen LogP contribution in [0.15, 0.2) is 54.7 Å². The van der Waals surface area contributed by atoms with E-state index in [0.717, 1.165) is 49.6 Å². The van der Waals surface area contributed by atoms with Crippen molar-refractivity contribution in [2.24, 2.45) is 0 Å². The minimum Gasteiger partial charge on any atom is -0.496 e. The van der Waals surface area contributed by atoms with Crippen LogP contribution in [0.3, 0.4) is 0 Å². The minimum atomic E-state index is 0.487. The Kier molecular flexibility index (Phi) is 7.29. The number of likely N-dealkylation sites (N-methyl/N-ethyl adjacent to an activating group) is 1. The average molecular weight is 453 g/mol. The smallest absolute Gasteiger partial charge is 0.229 e. The third-order valence-corrected chi connectivity index (χ3v) is 5.89. The van der Waals surface area contributed by atoms with Gasteiger partial charge in [0.15, 0.2) is 5.82 Å². The van der Waals surface area contributed by atoms with Crippen molar-refractivity contribution in [3.8, 4) is 5.75 Å². The van der Waals surface area contributed by atoms with Gasteiger partial charge in [0.05, 0.1) is 13.3 Å². The molecule has 3 aromatic rings. The Morgan fingerprint density at radius 1 is 1.03 bits per heavy atom. The monoisotopic (exact) mass is 452 g/mol. The molecule has 7 nitrogen and oxygen atoms in total. The van der Waals surface area contributed by atoms with Crippen molar-refractivity contribution in [2.75, 3.05) is 62.4 Å². The number of hydrogen-bond donors (Lipinski definition) is 2. The van der Waals surface area contributed by atoms with Crippen molar-refractivity contribution in [3.63, 3.8) is 0 Å². The molecule has 1 aromatic heterocycles. The van der Waals surface area contributed by atoms with Crippen molar-refractivity contribution in [2.45, 2.75) is 6.42 Å². The molecule has 2 N–H and O–H groups in total. The molecule has 0 aliphatic carbocycles. The number of rotatable bonds is 8. The zero-order chi connectivity index (χ0) is 22.3. The highest BCUT2D eigenvalue weighted by molar-refractivity contribution is 6.32. The second kappa shape index (κ2) is 10.5. The standard InChI is InChI=1S/C24H29ClN6O/c1-30-13-15-31(16-14-30)20-9-7-19(8-10-20)28-24-27-17-21(25)23(29-24)26-12-11-18-5-3-4-6-22(18)32-2/h3-10,17H,11-16H2,1-2H3,(H2,26,27,28,29). The van der Waals surface area contributed by atoms with Gasteiger partial charge in [0.25, 0.3) is 0 Å². The summed E-state index contributed by atoms with van der Waals surface area (Å²) in [7, 11) is 3.85. The van der Waals surface area contributed by atoms with E-state index in [1.165, 1.54) is 5.69 Å². The first-order valence-electron chi connectivity index (χ1n) is 10.8. The Balaban J connectivity index is 1.36. The number of benzene rings is 2. The Morgan fingerprint density at radius 3 is 2.53 bits per heavy atom. The van der Waals surface area contributed by atoms with Crippen LogP contribution in [0.2, 0.25) is 5.02 Å². The van der Waals surface area contributed by atoms with Crippen LogP contribution in [0.4, 0.5) is 23.1 Å². The molecule has 2 aromatic carbocycles. The van der Waals surface area contributed by atoms with E-state index >= 15 is 0 Å². The highest BCUT2D eigenvalue weighted by atomic mass is 35.5. The molecular weight excluding hydrogens is 424 g/mol. The molecule has 1 aliphatic rings. The van der Waals surface area contributed by atoms with Crippen molar-refractivity contribution >= 4 is 34.7 Å². The molecule has 1 aliphatic heterocycles. The number of piperazine rings is 1. The average Bonchev–Trinajstić information content (AvgIpc) is 2.82. The zero-order valence-electron chi connectivity index (χ0n) is 18.5. The van der Waals surface area contributed by atoms with E-state index in [1.807, 2.05) is 18.2 Å². The van der Waals surface area contributed by atoms with Gasteiger partial charge in [-0.2, -0.15) is 4.98 Å². The first kappa shape index (κ1) is 22.2. The maximum absolute atomic E-state index is 6.31. The van der Waals surface area contributed by atoms with Crippen molar-refractivity contribution in [3.05, 3.63) is 65.3 Å². The van der Waals surface area contributed by atoms with Gasteiger partial charge in [0.2, 0.25) is 5.95 Å². The molecule has 1 fully saturated rings. The van der Waals surface area contributed by atoms with Crippen LogP contribution in [-0.4, -0.2) is 61.7 Å². The van der Waals surface area contributed by atoms with Gasteiger partial charge in [-0.25, -0.2) is 4.98 Å². The van der Waals surface area contributed by atoms with Gasteiger partial charge in [-0.05, 0) is 49.4 Å². The largest absolute Gasteiger partial charge is 0.496 e. The molecule has 0 amide bonds. The van der Waals surface area contributed by atoms with Crippen LogP contribution >= 0.6 is 11.6 Å². The number of aromatic nitrogens is 2. The van der Waals surface area contributed by atoms with Gasteiger partial charge in [-0.3, -0.25) is 0 Å². The first-order chi connectivity index (χ1) is 15.6. The molecule has 0 radical (unpaired) electrons. The first-order valence-corrected chi connectivity index (χ1v) is 11.2. The highest BCUT2D eigenvalue weighted by Gasteiger charge is 2.14. The Bertz CT molecular complexity index is 1020. The van der Waals surface area contributed by atoms with E-state index < -0.39 is 0 Å². The molecule has 0 unspecified atom stereocenters. The topological polar surface area (TPSA) is 65.6 Å². The summed E-state index contributed by atoms with van der Waals surface area (Å²) in [5.41, 5.74) is 3.30. The molecule has 168 valence electrons. The molecule has 8 heteroatoms. The third kappa shape index (κ3) is 5.60. The zero-order valence-corrected chi connectivity index (χ0v) is 19.3. The number of ether oxygens (including phenoxy) is 1. The van der Waals surface area contributed by atoms with E-state index in [4.69, 9.17) is 16.3 Å². The summed E-state index contributed by atoms with van der Waals surface area (Å²) in [5.74, 6) is 1.99. The number of nitrogens with one attached hydrogen (secondary N) is 2. The maximum Gasteiger partial charge on any atom is 0.229 e. The second-order valence-corrected chi connectivity index (χ2v) is 8.25. The van der Waals surface area contributed by atoms with E-state index in [-0.39, 0.29) is 0 Å². The normalized spacial score (nSPS) is 14.3. The third-order valence-electron chi connectivity index (χ3n) is 5.62. The molecule has 4 rings (SSSR count). The van der Waals surface area contributed by atoms with Crippen LogP contribution in [0.25, 0.3) is 0 Å². The predicted octanol–water partition coefficient (Wildman–Crippen LogP) is 4.29. The maximum atomic E-state index is 6.31. The van der Waals surface area contributed by atoms with Gasteiger partial charge in [-0.15, -0.1) is 0 Å². The summed E-state index contributed by atoms with van der Waals surface area (Å²) in [4.78, 5) is 13.6. The predicted molar refractivity (Wildman–Crippen MR) is 132 cm³/mol. The Labute approximate surface area is 194 Å². The fraction of sp³-hybridized carbons (Fsp3) is 0.333. The molecule has 0 atom stereocenters. The summed E-state index contributed by atoms with van der Waals surface area (Å²) in [6.45, 7) is 4.95. The van der Waals surface area contributed by atoms with E-state index in [1.54, 1.807) is 13.3 Å². The molecule has 0 bridgehead atoms. The van der Waals surface area contributed by atoms with Crippen LogP contribution < -0.4 is 20.3 Å². The van der Waals surface area contributed by atoms with Crippen LogP contribution in [0, 0.1) is 0 Å². The number of hydrogen-bond acceptors (Lipinski definition) is 7. The number of para-hydroxylation sites is 1. The number of anilines is 4. The molecular formula is C24H29ClN6O. The Morgan fingerprint density at radius 2 is 1.78 bits per heavy atom. The van der Waals surface area contributed by atoms with Gasteiger partial charge >= 0.3 is 0 Å². The van der Waals surface area contributed by atoms with Gasteiger partial charge in [0, 0.05) is 44.1 Å². The van der Waals surface area contributed by atoms with E-state index in [2.05, 4.69) is 67.8 Å². The van der Waals surface area contributed by atoms with Crippen molar-refractivity contribution in [1.29, 1.82) is 0 Å². The second-order valence-electron chi connectivity index (χ2n) is 7.84.